The van der Waals surface area contributed by atoms with Crippen molar-refractivity contribution >= 4 is 5.69 Å². The molecule has 0 bridgehead atoms. The number of hydrogen-bond donors (Lipinski definition) is 1. The van der Waals surface area contributed by atoms with E-state index >= 15 is 0 Å². The second-order valence-electron chi connectivity index (χ2n) is 5.22. The standard InChI is InChI=1S/C15H21F3N2O/c1-2-20(10-13-4-3-7-21-13)12-6-5-11(9-19)14(8-12)15(16,17)18/h5-6,8,13H,2-4,7,9-10,19H2,1H3. The van der Waals surface area contributed by atoms with E-state index in [0.29, 0.717) is 18.8 Å². The first-order valence-electron chi connectivity index (χ1n) is 7.22. The maximum absolute atomic E-state index is 13.1. The van der Waals surface area contributed by atoms with Gasteiger partial charge in [-0.3, -0.25) is 0 Å². The van der Waals surface area contributed by atoms with Crippen LogP contribution in [-0.4, -0.2) is 25.8 Å². The molecule has 3 nitrogen and oxygen atoms in total. The lowest BCUT2D eigenvalue weighted by Crippen LogP contribution is -2.32. The fourth-order valence-corrected chi connectivity index (χ4v) is 2.65. The van der Waals surface area contributed by atoms with E-state index in [4.69, 9.17) is 10.5 Å². The molecule has 1 saturated heterocycles. The largest absolute Gasteiger partial charge is 0.416 e. The summed E-state index contributed by atoms with van der Waals surface area (Å²) in [6, 6.07) is 4.37. The molecule has 0 saturated carbocycles. The number of likely N-dealkylation sites (N-methyl/N-ethyl adjacent to an activating group) is 1. The lowest BCUT2D eigenvalue weighted by atomic mass is 10.1. The highest BCUT2D eigenvalue weighted by Gasteiger charge is 2.33. The van der Waals surface area contributed by atoms with Crippen molar-refractivity contribution in [2.24, 2.45) is 5.73 Å². The summed E-state index contributed by atoms with van der Waals surface area (Å²) in [5, 5.41) is 0. The van der Waals surface area contributed by atoms with Crippen LogP contribution in [0.4, 0.5) is 18.9 Å². The summed E-state index contributed by atoms with van der Waals surface area (Å²) in [6.07, 6.45) is -2.30. The van der Waals surface area contributed by atoms with Crippen LogP contribution in [0.5, 0.6) is 0 Å². The lowest BCUT2D eigenvalue weighted by Gasteiger charge is -2.27. The molecule has 6 heteroatoms. The van der Waals surface area contributed by atoms with Gasteiger partial charge >= 0.3 is 6.18 Å². The van der Waals surface area contributed by atoms with Crippen molar-refractivity contribution in [2.75, 3.05) is 24.6 Å². The van der Waals surface area contributed by atoms with Gasteiger partial charge in [0.25, 0.3) is 0 Å². The molecule has 0 amide bonds. The molecule has 2 N–H and O–H groups in total. The number of nitrogens with two attached hydrogens (primary N) is 1. The van der Waals surface area contributed by atoms with Gasteiger partial charge in [-0.2, -0.15) is 13.2 Å². The first kappa shape index (κ1) is 16.1. The number of benzene rings is 1. The van der Waals surface area contributed by atoms with Gasteiger partial charge in [0.15, 0.2) is 0 Å². The topological polar surface area (TPSA) is 38.5 Å². The molecule has 1 aliphatic rings. The van der Waals surface area contributed by atoms with Gasteiger partial charge in [-0.1, -0.05) is 6.07 Å². The number of rotatable bonds is 5. The van der Waals surface area contributed by atoms with Crippen molar-refractivity contribution in [3.8, 4) is 0 Å². The van der Waals surface area contributed by atoms with Crippen LogP contribution >= 0.6 is 0 Å². The molecule has 1 aromatic rings. The van der Waals surface area contributed by atoms with Crippen LogP contribution in [0.25, 0.3) is 0 Å². The van der Waals surface area contributed by atoms with Gasteiger partial charge in [0.05, 0.1) is 11.7 Å². The number of anilines is 1. The molecule has 1 aliphatic heterocycles. The molecule has 1 fully saturated rings. The molecule has 1 aromatic carbocycles. The van der Waals surface area contributed by atoms with Crippen LogP contribution in [-0.2, 0) is 17.5 Å². The number of alkyl halides is 3. The molecule has 118 valence electrons. The zero-order valence-corrected chi connectivity index (χ0v) is 12.1. The van der Waals surface area contributed by atoms with Gasteiger partial charge in [-0.25, -0.2) is 0 Å². The average Bonchev–Trinajstić information content (AvgIpc) is 2.96. The monoisotopic (exact) mass is 302 g/mol. The van der Waals surface area contributed by atoms with Gasteiger partial charge in [-0.05, 0) is 37.5 Å². The van der Waals surface area contributed by atoms with E-state index < -0.39 is 11.7 Å². The van der Waals surface area contributed by atoms with Crippen molar-refractivity contribution in [3.63, 3.8) is 0 Å². The molecule has 0 radical (unpaired) electrons. The summed E-state index contributed by atoms with van der Waals surface area (Å²) in [6.45, 7) is 3.81. The van der Waals surface area contributed by atoms with E-state index in [1.807, 2.05) is 11.8 Å². The SMILES string of the molecule is CCN(CC1CCCO1)c1ccc(CN)c(C(F)(F)F)c1. The number of hydrogen-bond acceptors (Lipinski definition) is 3. The molecular formula is C15H21F3N2O. The molecule has 2 rings (SSSR count). The van der Waals surface area contributed by atoms with Crippen molar-refractivity contribution in [3.05, 3.63) is 29.3 Å². The highest BCUT2D eigenvalue weighted by atomic mass is 19.4. The molecular weight excluding hydrogens is 281 g/mol. The van der Waals surface area contributed by atoms with Gasteiger partial charge < -0.3 is 15.4 Å². The summed E-state index contributed by atoms with van der Waals surface area (Å²) in [5.74, 6) is 0. The molecule has 1 heterocycles. The fourth-order valence-electron chi connectivity index (χ4n) is 2.65. The highest BCUT2D eigenvalue weighted by molar-refractivity contribution is 5.52. The van der Waals surface area contributed by atoms with E-state index in [-0.39, 0.29) is 18.2 Å². The summed E-state index contributed by atoms with van der Waals surface area (Å²) in [4.78, 5) is 1.92. The minimum atomic E-state index is -4.38. The van der Waals surface area contributed by atoms with E-state index in [1.165, 1.54) is 12.1 Å². The van der Waals surface area contributed by atoms with E-state index in [9.17, 15) is 13.2 Å². The highest BCUT2D eigenvalue weighted by Crippen LogP contribution is 2.34. The third-order valence-corrected chi connectivity index (χ3v) is 3.81. The predicted molar refractivity (Wildman–Crippen MR) is 76.2 cm³/mol. The molecule has 0 aliphatic carbocycles. The molecule has 0 spiro atoms. The van der Waals surface area contributed by atoms with Crippen LogP contribution in [0.3, 0.4) is 0 Å². The minimum Gasteiger partial charge on any atom is -0.376 e. The Morgan fingerprint density at radius 2 is 2.14 bits per heavy atom. The Labute approximate surface area is 122 Å². The third-order valence-electron chi connectivity index (χ3n) is 3.81. The van der Waals surface area contributed by atoms with E-state index in [0.717, 1.165) is 19.4 Å². The normalized spacial score (nSPS) is 19.0. The third kappa shape index (κ3) is 3.89. The molecule has 1 atom stereocenters. The zero-order valence-electron chi connectivity index (χ0n) is 12.1. The van der Waals surface area contributed by atoms with Crippen LogP contribution < -0.4 is 10.6 Å². The molecule has 0 aromatic heterocycles. The van der Waals surface area contributed by atoms with Crippen molar-refractivity contribution < 1.29 is 17.9 Å². The Morgan fingerprint density at radius 1 is 1.38 bits per heavy atom. The Hall–Kier alpha value is -1.27. The van der Waals surface area contributed by atoms with Crippen molar-refractivity contribution in [2.45, 2.75) is 38.6 Å². The minimum absolute atomic E-state index is 0.105. The summed E-state index contributed by atoms with van der Waals surface area (Å²) >= 11 is 0. The Bertz CT molecular complexity index is 470. The van der Waals surface area contributed by atoms with Crippen molar-refractivity contribution in [1.82, 2.24) is 0 Å². The first-order chi connectivity index (χ1) is 9.95. The molecule has 21 heavy (non-hydrogen) atoms. The van der Waals surface area contributed by atoms with E-state index in [2.05, 4.69) is 0 Å². The zero-order chi connectivity index (χ0) is 15.5. The second-order valence-corrected chi connectivity index (χ2v) is 5.22. The summed E-state index contributed by atoms with van der Waals surface area (Å²) in [7, 11) is 0. The number of halogens is 3. The Morgan fingerprint density at radius 3 is 2.67 bits per heavy atom. The molecule has 1 unspecified atom stereocenters. The van der Waals surface area contributed by atoms with Gasteiger partial charge in [0.1, 0.15) is 0 Å². The second kappa shape index (κ2) is 6.66. The quantitative estimate of drug-likeness (QED) is 0.908. The fraction of sp³-hybridized carbons (Fsp3) is 0.600. The van der Waals surface area contributed by atoms with Gasteiger partial charge in [0, 0.05) is 31.9 Å². The Balaban J connectivity index is 2.24. The predicted octanol–water partition coefficient (Wildman–Crippen LogP) is 3.17. The summed E-state index contributed by atoms with van der Waals surface area (Å²) < 4.78 is 44.8. The van der Waals surface area contributed by atoms with Crippen LogP contribution in [0, 0.1) is 0 Å². The Kier molecular flexibility index (Phi) is 5.11. The van der Waals surface area contributed by atoms with E-state index in [1.54, 1.807) is 6.07 Å². The lowest BCUT2D eigenvalue weighted by molar-refractivity contribution is -0.138. The number of nitrogens with zero attached hydrogens (tertiary/aromatic N) is 1. The van der Waals surface area contributed by atoms with Crippen LogP contribution in [0.2, 0.25) is 0 Å². The maximum atomic E-state index is 13.1. The van der Waals surface area contributed by atoms with Gasteiger partial charge in [-0.15, -0.1) is 0 Å². The van der Waals surface area contributed by atoms with Crippen LogP contribution in [0.1, 0.15) is 30.9 Å². The average molecular weight is 302 g/mol. The number of ether oxygens (including phenoxy) is 1. The van der Waals surface area contributed by atoms with Gasteiger partial charge in [0.2, 0.25) is 0 Å². The summed E-state index contributed by atoms with van der Waals surface area (Å²) in [5.41, 5.74) is 5.45. The van der Waals surface area contributed by atoms with Crippen molar-refractivity contribution in [1.29, 1.82) is 0 Å². The van der Waals surface area contributed by atoms with Crippen LogP contribution in [0.15, 0.2) is 18.2 Å². The maximum Gasteiger partial charge on any atom is 0.416 e. The first-order valence-corrected chi connectivity index (χ1v) is 7.22. The smallest absolute Gasteiger partial charge is 0.376 e.